The normalized spacial score (nSPS) is 17.7. The number of hydrogen-bond acceptors (Lipinski definition) is 2. The van der Waals surface area contributed by atoms with Crippen molar-refractivity contribution in [3.63, 3.8) is 0 Å². The average molecular weight is 203 g/mol. The number of nitriles is 1. The smallest absolute Gasteiger partial charge is 0.143 e. The molecule has 0 atom stereocenters. The Bertz CT molecular complexity index is 392. The molecule has 3 heteroatoms. The van der Waals surface area contributed by atoms with Gasteiger partial charge in [0.2, 0.25) is 0 Å². The van der Waals surface area contributed by atoms with Gasteiger partial charge >= 0.3 is 0 Å². The highest BCUT2D eigenvalue weighted by molar-refractivity contribution is 5.32. The van der Waals surface area contributed by atoms with E-state index in [0.717, 1.165) is 17.2 Å². The Morgan fingerprint density at radius 1 is 1.33 bits per heavy atom. The van der Waals surface area contributed by atoms with Gasteiger partial charge in [-0.25, -0.2) is 4.98 Å². The highest BCUT2D eigenvalue weighted by atomic mass is 15.1. The second kappa shape index (κ2) is 4.06. The molecular weight excluding hydrogens is 186 g/mol. The predicted octanol–water partition coefficient (Wildman–Crippen LogP) is 2.65. The molecule has 0 saturated heterocycles. The molecule has 2 rings (SSSR count). The van der Waals surface area contributed by atoms with Gasteiger partial charge in [-0.05, 0) is 19.8 Å². The predicted molar refractivity (Wildman–Crippen MR) is 58.5 cm³/mol. The molecule has 1 fully saturated rings. The van der Waals surface area contributed by atoms with Crippen molar-refractivity contribution < 1.29 is 0 Å². The first-order valence-electron chi connectivity index (χ1n) is 5.67. The summed E-state index contributed by atoms with van der Waals surface area (Å²) >= 11 is 0. The molecular formula is C12H17N3. The van der Waals surface area contributed by atoms with E-state index in [4.69, 9.17) is 5.26 Å². The van der Waals surface area contributed by atoms with E-state index in [1.807, 2.05) is 18.5 Å². The van der Waals surface area contributed by atoms with Gasteiger partial charge in [-0.1, -0.05) is 19.3 Å². The summed E-state index contributed by atoms with van der Waals surface area (Å²) in [4.78, 5) is 4.55. The van der Waals surface area contributed by atoms with Crippen LogP contribution in [0.5, 0.6) is 0 Å². The highest BCUT2D eigenvalue weighted by Crippen LogP contribution is 2.33. The van der Waals surface area contributed by atoms with Crippen LogP contribution in [-0.4, -0.2) is 9.55 Å². The Morgan fingerprint density at radius 3 is 2.60 bits per heavy atom. The summed E-state index contributed by atoms with van der Waals surface area (Å²) in [5, 5.41) is 9.13. The van der Waals surface area contributed by atoms with E-state index in [0.29, 0.717) is 5.92 Å². The molecule has 1 aliphatic carbocycles. The second-order valence-electron chi connectivity index (χ2n) is 4.40. The van der Waals surface area contributed by atoms with Gasteiger partial charge < -0.3 is 4.57 Å². The molecule has 15 heavy (non-hydrogen) atoms. The molecule has 1 saturated carbocycles. The molecule has 0 radical (unpaired) electrons. The van der Waals surface area contributed by atoms with Crippen LogP contribution in [0.2, 0.25) is 0 Å². The molecule has 0 N–H and O–H groups in total. The van der Waals surface area contributed by atoms with Crippen molar-refractivity contribution in [2.24, 2.45) is 7.05 Å². The third kappa shape index (κ3) is 1.77. The lowest BCUT2D eigenvalue weighted by Gasteiger charge is -2.19. The van der Waals surface area contributed by atoms with Crippen molar-refractivity contribution in [3.8, 4) is 6.07 Å². The van der Waals surface area contributed by atoms with Crippen molar-refractivity contribution >= 4 is 0 Å². The van der Waals surface area contributed by atoms with Crippen molar-refractivity contribution in [2.45, 2.75) is 44.9 Å². The monoisotopic (exact) mass is 203 g/mol. The zero-order valence-electron chi connectivity index (χ0n) is 9.45. The SMILES string of the molecule is Cc1nc(C2CCCCC2)c(C#N)n1C. The first-order chi connectivity index (χ1) is 7.24. The maximum atomic E-state index is 9.13. The molecule has 0 aliphatic heterocycles. The summed E-state index contributed by atoms with van der Waals surface area (Å²) in [6.45, 7) is 1.97. The molecule has 0 spiro atoms. The standard InChI is InChI=1S/C12H17N3/c1-9-14-12(11(8-13)15(9)2)10-6-4-3-5-7-10/h10H,3-7H2,1-2H3. The average Bonchev–Trinajstić information content (AvgIpc) is 2.56. The summed E-state index contributed by atoms with van der Waals surface area (Å²) in [6.07, 6.45) is 6.30. The van der Waals surface area contributed by atoms with Crippen LogP contribution in [0.3, 0.4) is 0 Å². The minimum atomic E-state index is 0.522. The summed E-state index contributed by atoms with van der Waals surface area (Å²) in [5.74, 6) is 1.47. The second-order valence-corrected chi connectivity index (χ2v) is 4.40. The lowest BCUT2D eigenvalue weighted by atomic mass is 9.86. The maximum Gasteiger partial charge on any atom is 0.143 e. The molecule has 0 unspecified atom stereocenters. The Labute approximate surface area is 90.7 Å². The number of rotatable bonds is 1. The third-order valence-corrected chi connectivity index (χ3v) is 3.44. The lowest BCUT2D eigenvalue weighted by Crippen LogP contribution is -2.07. The van der Waals surface area contributed by atoms with Crippen LogP contribution in [0.4, 0.5) is 0 Å². The van der Waals surface area contributed by atoms with Gasteiger partial charge in [-0.3, -0.25) is 0 Å². The van der Waals surface area contributed by atoms with Crippen molar-refractivity contribution in [2.75, 3.05) is 0 Å². The highest BCUT2D eigenvalue weighted by Gasteiger charge is 2.23. The van der Waals surface area contributed by atoms with E-state index in [1.165, 1.54) is 32.1 Å². The van der Waals surface area contributed by atoms with Gasteiger partial charge in [-0.15, -0.1) is 0 Å². The van der Waals surface area contributed by atoms with Crippen LogP contribution in [0.1, 0.15) is 55.2 Å². The topological polar surface area (TPSA) is 41.6 Å². The van der Waals surface area contributed by atoms with E-state index in [2.05, 4.69) is 11.1 Å². The van der Waals surface area contributed by atoms with Gasteiger partial charge in [0, 0.05) is 13.0 Å². The van der Waals surface area contributed by atoms with E-state index < -0.39 is 0 Å². The fraction of sp³-hybridized carbons (Fsp3) is 0.667. The van der Waals surface area contributed by atoms with E-state index in [9.17, 15) is 0 Å². The quantitative estimate of drug-likeness (QED) is 0.704. The van der Waals surface area contributed by atoms with E-state index in [-0.39, 0.29) is 0 Å². The Hall–Kier alpha value is -1.30. The molecule has 0 amide bonds. The number of nitrogens with zero attached hydrogens (tertiary/aromatic N) is 3. The van der Waals surface area contributed by atoms with Gasteiger partial charge in [0.15, 0.2) is 0 Å². The summed E-state index contributed by atoms with van der Waals surface area (Å²) in [5.41, 5.74) is 1.80. The Morgan fingerprint density at radius 2 is 2.00 bits per heavy atom. The molecule has 1 heterocycles. The molecule has 80 valence electrons. The fourth-order valence-electron chi connectivity index (χ4n) is 2.43. The number of aromatic nitrogens is 2. The van der Waals surface area contributed by atoms with Gasteiger partial charge in [0.25, 0.3) is 0 Å². The van der Waals surface area contributed by atoms with E-state index >= 15 is 0 Å². The number of imidazole rings is 1. The zero-order valence-corrected chi connectivity index (χ0v) is 9.45. The van der Waals surface area contributed by atoms with Crippen molar-refractivity contribution in [1.29, 1.82) is 5.26 Å². The first-order valence-corrected chi connectivity index (χ1v) is 5.67. The number of hydrogen-bond donors (Lipinski definition) is 0. The molecule has 0 aromatic carbocycles. The summed E-state index contributed by atoms with van der Waals surface area (Å²) in [7, 11) is 1.92. The Balaban J connectivity index is 2.35. The van der Waals surface area contributed by atoms with Crippen LogP contribution in [0.25, 0.3) is 0 Å². The molecule has 1 aliphatic rings. The van der Waals surface area contributed by atoms with Gasteiger partial charge in [-0.2, -0.15) is 5.26 Å². The summed E-state index contributed by atoms with van der Waals surface area (Å²) < 4.78 is 1.91. The molecule has 1 aromatic heterocycles. The van der Waals surface area contributed by atoms with Crippen LogP contribution >= 0.6 is 0 Å². The van der Waals surface area contributed by atoms with Crippen molar-refractivity contribution in [1.82, 2.24) is 9.55 Å². The minimum Gasteiger partial charge on any atom is -0.323 e. The van der Waals surface area contributed by atoms with Crippen LogP contribution in [0.15, 0.2) is 0 Å². The van der Waals surface area contributed by atoms with Crippen LogP contribution < -0.4 is 0 Å². The third-order valence-electron chi connectivity index (χ3n) is 3.44. The van der Waals surface area contributed by atoms with Crippen LogP contribution in [0, 0.1) is 18.3 Å². The van der Waals surface area contributed by atoms with Gasteiger partial charge in [0.1, 0.15) is 17.6 Å². The molecule has 3 nitrogen and oxygen atoms in total. The maximum absolute atomic E-state index is 9.13. The summed E-state index contributed by atoms with van der Waals surface area (Å²) in [6, 6.07) is 2.28. The molecule has 1 aromatic rings. The van der Waals surface area contributed by atoms with Gasteiger partial charge in [0.05, 0.1) is 5.69 Å². The fourth-order valence-corrected chi connectivity index (χ4v) is 2.43. The Kier molecular flexibility index (Phi) is 2.77. The van der Waals surface area contributed by atoms with E-state index in [1.54, 1.807) is 0 Å². The number of aryl methyl sites for hydroxylation is 1. The van der Waals surface area contributed by atoms with Crippen LogP contribution in [-0.2, 0) is 7.05 Å². The molecule has 0 bridgehead atoms. The largest absolute Gasteiger partial charge is 0.323 e. The lowest BCUT2D eigenvalue weighted by molar-refractivity contribution is 0.436. The van der Waals surface area contributed by atoms with Crippen molar-refractivity contribution in [3.05, 3.63) is 17.2 Å². The zero-order chi connectivity index (χ0) is 10.8. The minimum absolute atomic E-state index is 0.522. The first kappa shape index (κ1) is 10.2.